The van der Waals surface area contributed by atoms with Gasteiger partial charge in [-0.1, -0.05) is 19.8 Å². The average Bonchev–Trinajstić information content (AvgIpc) is 2.79. The van der Waals surface area contributed by atoms with Gasteiger partial charge in [0.05, 0.1) is 5.75 Å². The Morgan fingerprint density at radius 3 is 2.73 bits per heavy atom. The Labute approximate surface area is 92.1 Å². The molecule has 4 nitrogen and oxygen atoms in total. The molecule has 0 amide bonds. The topological polar surface area (TPSA) is 49.4 Å². The van der Waals surface area contributed by atoms with E-state index in [-0.39, 0.29) is 6.04 Å². The number of unbranched alkanes of at least 4 members (excludes halogenated alkanes) is 2. The van der Waals surface area contributed by atoms with Crippen LogP contribution in [0.2, 0.25) is 0 Å². The molecule has 2 saturated heterocycles. The summed E-state index contributed by atoms with van der Waals surface area (Å²) < 4.78 is 25.7. The average molecular weight is 232 g/mol. The van der Waals surface area contributed by atoms with Crippen molar-refractivity contribution < 1.29 is 8.42 Å². The van der Waals surface area contributed by atoms with E-state index in [1.54, 1.807) is 4.31 Å². The number of rotatable bonds is 5. The van der Waals surface area contributed by atoms with Gasteiger partial charge in [0.2, 0.25) is 10.0 Å². The van der Waals surface area contributed by atoms with Crippen LogP contribution < -0.4 is 5.32 Å². The predicted molar refractivity (Wildman–Crippen MR) is 60.2 cm³/mol. The van der Waals surface area contributed by atoms with Gasteiger partial charge in [-0.05, 0) is 12.8 Å². The highest BCUT2D eigenvalue weighted by atomic mass is 32.2. The van der Waals surface area contributed by atoms with Crippen LogP contribution in [0.1, 0.15) is 32.6 Å². The molecule has 2 aliphatic heterocycles. The Morgan fingerprint density at radius 1 is 1.40 bits per heavy atom. The number of nitrogens with one attached hydrogen (secondary N) is 1. The van der Waals surface area contributed by atoms with Crippen LogP contribution >= 0.6 is 0 Å². The van der Waals surface area contributed by atoms with Crippen molar-refractivity contribution in [1.29, 1.82) is 0 Å². The number of hydrogen-bond donors (Lipinski definition) is 1. The highest BCUT2D eigenvalue weighted by Gasteiger charge is 2.43. The first-order valence-corrected chi connectivity index (χ1v) is 7.47. The van der Waals surface area contributed by atoms with E-state index in [1.807, 2.05) is 0 Å². The second kappa shape index (κ2) is 4.39. The molecule has 2 heterocycles. The number of sulfonamides is 1. The molecule has 15 heavy (non-hydrogen) atoms. The van der Waals surface area contributed by atoms with Crippen molar-refractivity contribution >= 4 is 10.0 Å². The highest BCUT2D eigenvalue weighted by Crippen LogP contribution is 2.26. The summed E-state index contributed by atoms with van der Waals surface area (Å²) in [4.78, 5) is 0. The van der Waals surface area contributed by atoms with Gasteiger partial charge in [-0.2, -0.15) is 4.31 Å². The van der Waals surface area contributed by atoms with Crippen molar-refractivity contribution in [3.63, 3.8) is 0 Å². The van der Waals surface area contributed by atoms with Gasteiger partial charge in [0.1, 0.15) is 0 Å². The van der Waals surface area contributed by atoms with Gasteiger partial charge < -0.3 is 5.32 Å². The standard InChI is InChI=1S/C10H20N2O2S/c1-2-3-4-5-15(13,14)12-8-9-6-10(12)7-11-9/h9-11H,2-8H2,1H3. The fourth-order valence-electron chi connectivity index (χ4n) is 2.51. The van der Waals surface area contributed by atoms with Gasteiger partial charge in [0, 0.05) is 25.2 Å². The van der Waals surface area contributed by atoms with Gasteiger partial charge in [0.25, 0.3) is 0 Å². The Kier molecular flexibility index (Phi) is 3.33. The normalized spacial score (nSPS) is 31.3. The van der Waals surface area contributed by atoms with E-state index < -0.39 is 10.0 Å². The van der Waals surface area contributed by atoms with Crippen LogP contribution in [0.4, 0.5) is 0 Å². The van der Waals surface area contributed by atoms with Crippen LogP contribution in [0.5, 0.6) is 0 Å². The lowest BCUT2D eigenvalue weighted by atomic mass is 10.2. The first-order chi connectivity index (χ1) is 7.13. The molecule has 0 aromatic heterocycles. The molecule has 2 unspecified atom stereocenters. The molecule has 0 aromatic carbocycles. The summed E-state index contributed by atoms with van der Waals surface area (Å²) in [7, 11) is -2.97. The minimum atomic E-state index is -2.97. The van der Waals surface area contributed by atoms with Crippen LogP contribution in [-0.2, 0) is 10.0 Å². The summed E-state index contributed by atoms with van der Waals surface area (Å²) in [6, 6.07) is 0.651. The predicted octanol–water partition coefficient (Wildman–Crippen LogP) is 0.552. The minimum Gasteiger partial charge on any atom is -0.311 e. The lowest BCUT2D eigenvalue weighted by Crippen LogP contribution is -2.47. The van der Waals surface area contributed by atoms with Crippen molar-refractivity contribution in [2.45, 2.75) is 44.7 Å². The van der Waals surface area contributed by atoms with E-state index in [9.17, 15) is 8.42 Å². The number of piperazine rings is 1. The monoisotopic (exact) mass is 232 g/mol. The molecule has 0 spiro atoms. The SMILES string of the molecule is CCCCCS(=O)(=O)N1CC2CC1CN2. The molecule has 2 bridgehead atoms. The summed E-state index contributed by atoms with van der Waals surface area (Å²) in [6.07, 6.45) is 3.90. The third-order valence-corrected chi connectivity index (χ3v) is 5.34. The van der Waals surface area contributed by atoms with Crippen molar-refractivity contribution in [3.05, 3.63) is 0 Å². The summed E-state index contributed by atoms with van der Waals surface area (Å²) in [5.74, 6) is 0.337. The molecule has 2 fully saturated rings. The number of hydrogen-bond acceptors (Lipinski definition) is 3. The molecule has 88 valence electrons. The molecule has 0 radical (unpaired) electrons. The van der Waals surface area contributed by atoms with Gasteiger partial charge >= 0.3 is 0 Å². The van der Waals surface area contributed by atoms with Crippen LogP contribution in [0.3, 0.4) is 0 Å². The zero-order valence-corrected chi connectivity index (χ0v) is 10.1. The van der Waals surface area contributed by atoms with Crippen molar-refractivity contribution in [2.75, 3.05) is 18.8 Å². The third-order valence-electron chi connectivity index (χ3n) is 3.37. The van der Waals surface area contributed by atoms with Crippen LogP contribution in [-0.4, -0.2) is 43.6 Å². The molecule has 0 aliphatic carbocycles. The zero-order valence-electron chi connectivity index (χ0n) is 9.28. The molecule has 1 N–H and O–H groups in total. The van der Waals surface area contributed by atoms with Crippen molar-refractivity contribution in [3.8, 4) is 0 Å². The van der Waals surface area contributed by atoms with Crippen LogP contribution in [0, 0.1) is 0 Å². The van der Waals surface area contributed by atoms with Gasteiger partial charge in [-0.25, -0.2) is 8.42 Å². The second-order valence-corrected chi connectivity index (χ2v) is 6.63. The molecule has 5 heteroatoms. The summed E-state index contributed by atoms with van der Waals surface area (Å²) in [5, 5.41) is 3.32. The lowest BCUT2D eigenvalue weighted by Gasteiger charge is -2.26. The molecule has 2 rings (SSSR count). The Morgan fingerprint density at radius 2 is 2.20 bits per heavy atom. The summed E-state index contributed by atoms with van der Waals surface area (Å²) >= 11 is 0. The highest BCUT2D eigenvalue weighted by molar-refractivity contribution is 7.89. The minimum absolute atomic E-state index is 0.238. The van der Waals surface area contributed by atoms with Crippen molar-refractivity contribution in [2.24, 2.45) is 0 Å². The van der Waals surface area contributed by atoms with Gasteiger partial charge in [0.15, 0.2) is 0 Å². The Balaban J connectivity index is 1.92. The summed E-state index contributed by atoms with van der Waals surface area (Å²) in [6.45, 7) is 3.63. The largest absolute Gasteiger partial charge is 0.311 e. The first kappa shape index (κ1) is 11.4. The molecule has 0 saturated carbocycles. The summed E-state index contributed by atoms with van der Waals surface area (Å²) in [5.41, 5.74) is 0. The van der Waals surface area contributed by atoms with E-state index in [0.717, 1.165) is 32.2 Å². The smallest absolute Gasteiger partial charge is 0.214 e. The van der Waals surface area contributed by atoms with E-state index in [1.165, 1.54) is 0 Å². The van der Waals surface area contributed by atoms with E-state index in [4.69, 9.17) is 0 Å². The fourth-order valence-corrected chi connectivity index (χ4v) is 4.34. The van der Waals surface area contributed by atoms with Crippen LogP contribution in [0.25, 0.3) is 0 Å². The second-order valence-electron chi connectivity index (χ2n) is 4.59. The van der Waals surface area contributed by atoms with Gasteiger partial charge in [-0.15, -0.1) is 0 Å². The quantitative estimate of drug-likeness (QED) is 0.704. The molecule has 2 aliphatic rings. The first-order valence-electron chi connectivity index (χ1n) is 5.86. The van der Waals surface area contributed by atoms with Crippen molar-refractivity contribution in [1.82, 2.24) is 9.62 Å². The lowest BCUT2D eigenvalue weighted by molar-refractivity contribution is 0.348. The Bertz CT molecular complexity index is 315. The molecular weight excluding hydrogens is 212 g/mol. The van der Waals surface area contributed by atoms with E-state index >= 15 is 0 Å². The number of nitrogens with zero attached hydrogens (tertiary/aromatic N) is 1. The molecular formula is C10H20N2O2S. The zero-order chi connectivity index (χ0) is 10.9. The molecule has 2 atom stereocenters. The maximum absolute atomic E-state index is 12.0. The van der Waals surface area contributed by atoms with Crippen LogP contribution in [0.15, 0.2) is 0 Å². The maximum Gasteiger partial charge on any atom is 0.214 e. The fraction of sp³-hybridized carbons (Fsp3) is 1.00. The molecule has 0 aromatic rings. The Hall–Kier alpha value is -0.130. The van der Waals surface area contributed by atoms with E-state index in [0.29, 0.717) is 18.3 Å². The maximum atomic E-state index is 12.0. The van der Waals surface area contributed by atoms with Gasteiger partial charge in [-0.3, -0.25) is 0 Å². The van der Waals surface area contributed by atoms with E-state index in [2.05, 4.69) is 12.2 Å². The number of fused-ring (bicyclic) bond motifs is 2. The third kappa shape index (κ3) is 2.34.